The van der Waals surface area contributed by atoms with Crippen LogP contribution in [0.1, 0.15) is 0 Å². The smallest absolute Gasteiger partial charge is 0.334 e. The average Bonchev–Trinajstić information content (AvgIpc) is 2.66. The summed E-state index contributed by atoms with van der Waals surface area (Å²) in [5, 5.41) is 2.35. The lowest BCUT2D eigenvalue weighted by molar-refractivity contribution is -0.135. The van der Waals surface area contributed by atoms with Gasteiger partial charge in [0.25, 0.3) is 5.24 Å². The topological polar surface area (TPSA) is 55.4 Å². The van der Waals surface area contributed by atoms with Gasteiger partial charge < -0.3 is 10.1 Å². The first kappa shape index (κ1) is 10.0. The van der Waals surface area contributed by atoms with Crippen molar-refractivity contribution >= 4 is 23.0 Å². The standard InChI is InChI=1S/C10H9NO3S/c12-9(8-6-15-10(13)11-8)14-7-4-2-1-3-5-7/h1-5,8H,6H2,(H,11,13). The Morgan fingerprint density at radius 2 is 2.13 bits per heavy atom. The van der Waals surface area contributed by atoms with Gasteiger partial charge in [-0.2, -0.15) is 0 Å². The van der Waals surface area contributed by atoms with E-state index in [0.717, 1.165) is 11.8 Å². The molecule has 78 valence electrons. The van der Waals surface area contributed by atoms with Gasteiger partial charge in [0, 0.05) is 5.75 Å². The molecule has 1 aliphatic heterocycles. The molecule has 1 fully saturated rings. The Morgan fingerprint density at radius 3 is 2.73 bits per heavy atom. The van der Waals surface area contributed by atoms with E-state index in [9.17, 15) is 9.59 Å². The first-order chi connectivity index (χ1) is 7.25. The van der Waals surface area contributed by atoms with Crippen molar-refractivity contribution in [1.29, 1.82) is 0 Å². The minimum absolute atomic E-state index is 0.176. The van der Waals surface area contributed by atoms with E-state index in [1.54, 1.807) is 24.3 Å². The zero-order chi connectivity index (χ0) is 10.7. The van der Waals surface area contributed by atoms with Gasteiger partial charge in [0.05, 0.1) is 0 Å². The van der Waals surface area contributed by atoms with E-state index >= 15 is 0 Å². The van der Waals surface area contributed by atoms with Crippen LogP contribution in [0, 0.1) is 0 Å². The molecule has 0 spiro atoms. The Balaban J connectivity index is 1.96. The van der Waals surface area contributed by atoms with E-state index in [2.05, 4.69) is 5.32 Å². The molecule has 0 radical (unpaired) electrons. The second-order valence-electron chi connectivity index (χ2n) is 3.03. The second-order valence-corrected chi connectivity index (χ2v) is 4.02. The fourth-order valence-corrected chi connectivity index (χ4v) is 1.95. The van der Waals surface area contributed by atoms with E-state index in [1.807, 2.05) is 6.07 Å². The molecule has 1 aromatic carbocycles. The van der Waals surface area contributed by atoms with E-state index in [0.29, 0.717) is 11.5 Å². The molecule has 1 amide bonds. The summed E-state index contributed by atoms with van der Waals surface area (Å²) >= 11 is 1.09. The average molecular weight is 223 g/mol. The fourth-order valence-electron chi connectivity index (χ4n) is 1.19. The van der Waals surface area contributed by atoms with Crippen molar-refractivity contribution in [3.63, 3.8) is 0 Å². The van der Waals surface area contributed by atoms with Gasteiger partial charge in [-0.1, -0.05) is 30.0 Å². The lowest BCUT2D eigenvalue weighted by Gasteiger charge is -2.08. The largest absolute Gasteiger partial charge is 0.425 e. The zero-order valence-corrected chi connectivity index (χ0v) is 8.62. The monoisotopic (exact) mass is 223 g/mol. The van der Waals surface area contributed by atoms with Crippen LogP contribution in [0.15, 0.2) is 30.3 Å². The number of ether oxygens (including phenoxy) is 1. The molecular weight excluding hydrogens is 214 g/mol. The molecule has 1 atom stereocenters. The Bertz CT molecular complexity index is 380. The highest BCUT2D eigenvalue weighted by molar-refractivity contribution is 8.14. The van der Waals surface area contributed by atoms with Gasteiger partial charge in [0.2, 0.25) is 0 Å². The number of hydrogen-bond donors (Lipinski definition) is 1. The van der Waals surface area contributed by atoms with Gasteiger partial charge in [-0.3, -0.25) is 4.79 Å². The first-order valence-corrected chi connectivity index (χ1v) is 5.44. The summed E-state index contributed by atoms with van der Waals surface area (Å²) in [6, 6.07) is 8.27. The second kappa shape index (κ2) is 4.35. The third-order valence-corrected chi connectivity index (χ3v) is 2.80. The van der Waals surface area contributed by atoms with Crippen LogP contribution in [0.4, 0.5) is 4.79 Å². The van der Waals surface area contributed by atoms with Crippen LogP contribution < -0.4 is 10.1 Å². The number of carbonyl (C=O) groups excluding carboxylic acids is 2. The predicted octanol–water partition coefficient (Wildman–Crippen LogP) is 1.42. The number of amides is 1. The number of para-hydroxylation sites is 1. The van der Waals surface area contributed by atoms with Crippen LogP contribution in [0.2, 0.25) is 0 Å². The molecule has 0 saturated carbocycles. The summed E-state index contributed by atoms with van der Waals surface area (Å²) < 4.78 is 5.08. The Labute approximate surface area is 91.0 Å². The molecule has 2 rings (SSSR count). The number of rotatable bonds is 2. The van der Waals surface area contributed by atoms with Crippen LogP contribution in [-0.4, -0.2) is 23.0 Å². The van der Waals surface area contributed by atoms with Crippen LogP contribution >= 0.6 is 11.8 Å². The molecule has 15 heavy (non-hydrogen) atoms. The van der Waals surface area contributed by atoms with Crippen molar-refractivity contribution in [1.82, 2.24) is 5.32 Å². The zero-order valence-electron chi connectivity index (χ0n) is 7.80. The highest BCUT2D eigenvalue weighted by Crippen LogP contribution is 2.16. The number of benzene rings is 1. The maximum Gasteiger partial charge on any atom is 0.334 e. The third-order valence-electron chi connectivity index (χ3n) is 1.92. The molecule has 0 aromatic heterocycles. The molecule has 1 aromatic rings. The Morgan fingerprint density at radius 1 is 1.40 bits per heavy atom. The Hall–Kier alpha value is -1.49. The molecule has 1 saturated heterocycles. The van der Waals surface area contributed by atoms with Crippen molar-refractivity contribution in [3.05, 3.63) is 30.3 Å². The highest BCUT2D eigenvalue weighted by atomic mass is 32.2. The van der Waals surface area contributed by atoms with E-state index in [1.165, 1.54) is 0 Å². The van der Waals surface area contributed by atoms with E-state index < -0.39 is 12.0 Å². The fraction of sp³-hybridized carbons (Fsp3) is 0.200. The van der Waals surface area contributed by atoms with Gasteiger partial charge in [0.1, 0.15) is 11.8 Å². The summed E-state index contributed by atoms with van der Waals surface area (Å²) in [7, 11) is 0. The predicted molar refractivity (Wildman–Crippen MR) is 56.9 cm³/mol. The molecule has 1 aliphatic rings. The number of hydrogen-bond acceptors (Lipinski definition) is 4. The van der Waals surface area contributed by atoms with Crippen LogP contribution in [-0.2, 0) is 4.79 Å². The minimum atomic E-state index is -0.525. The molecule has 1 unspecified atom stereocenters. The number of nitrogens with one attached hydrogen (secondary N) is 1. The van der Waals surface area contributed by atoms with Crippen molar-refractivity contribution in [2.75, 3.05) is 5.75 Å². The van der Waals surface area contributed by atoms with E-state index in [-0.39, 0.29) is 5.24 Å². The van der Waals surface area contributed by atoms with Gasteiger partial charge in [-0.25, -0.2) is 4.79 Å². The van der Waals surface area contributed by atoms with Gasteiger partial charge in [-0.05, 0) is 12.1 Å². The van der Waals surface area contributed by atoms with Crippen LogP contribution in [0.25, 0.3) is 0 Å². The first-order valence-electron chi connectivity index (χ1n) is 4.46. The molecular formula is C10H9NO3S. The molecule has 1 heterocycles. The normalized spacial score (nSPS) is 19.7. The third kappa shape index (κ3) is 2.50. The number of esters is 1. The molecule has 1 N–H and O–H groups in total. The summed E-state index contributed by atoms with van der Waals surface area (Å²) in [6.07, 6.45) is 0. The summed E-state index contributed by atoms with van der Waals surface area (Å²) in [5.74, 6) is 0.512. The lowest BCUT2D eigenvalue weighted by Crippen LogP contribution is -2.37. The minimum Gasteiger partial charge on any atom is -0.425 e. The van der Waals surface area contributed by atoms with Crippen LogP contribution in [0.3, 0.4) is 0 Å². The Kier molecular flexibility index (Phi) is 2.91. The summed E-state index contributed by atoms with van der Waals surface area (Å²) in [5.41, 5.74) is 0. The van der Waals surface area contributed by atoms with Gasteiger partial charge in [0.15, 0.2) is 0 Å². The number of thioether (sulfide) groups is 1. The van der Waals surface area contributed by atoms with Crippen LogP contribution in [0.5, 0.6) is 5.75 Å². The summed E-state index contributed by atoms with van der Waals surface area (Å²) in [6.45, 7) is 0. The van der Waals surface area contributed by atoms with Crippen molar-refractivity contribution in [2.24, 2.45) is 0 Å². The number of carbonyl (C=O) groups is 2. The summed E-state index contributed by atoms with van der Waals surface area (Å²) in [4.78, 5) is 22.4. The maximum atomic E-state index is 11.5. The van der Waals surface area contributed by atoms with Gasteiger partial charge in [-0.15, -0.1) is 0 Å². The molecule has 5 heteroatoms. The molecule has 0 bridgehead atoms. The quantitative estimate of drug-likeness (QED) is 0.608. The van der Waals surface area contributed by atoms with Crippen molar-refractivity contribution in [2.45, 2.75) is 6.04 Å². The van der Waals surface area contributed by atoms with Crippen molar-refractivity contribution < 1.29 is 14.3 Å². The lowest BCUT2D eigenvalue weighted by atomic mass is 10.3. The molecule has 4 nitrogen and oxygen atoms in total. The van der Waals surface area contributed by atoms with Crippen molar-refractivity contribution in [3.8, 4) is 5.75 Å². The highest BCUT2D eigenvalue weighted by Gasteiger charge is 2.29. The van der Waals surface area contributed by atoms with Gasteiger partial charge >= 0.3 is 5.97 Å². The van der Waals surface area contributed by atoms with E-state index in [4.69, 9.17) is 4.74 Å². The maximum absolute atomic E-state index is 11.5. The SMILES string of the molecule is O=C1NC(C(=O)Oc2ccccc2)CS1. The molecule has 0 aliphatic carbocycles.